The lowest BCUT2D eigenvalue weighted by atomic mass is 9.60. The molecule has 0 radical (unpaired) electrons. The van der Waals surface area contributed by atoms with E-state index in [0.29, 0.717) is 0 Å². The van der Waals surface area contributed by atoms with Crippen molar-refractivity contribution in [3.8, 4) is 0 Å². The summed E-state index contributed by atoms with van der Waals surface area (Å²) in [4.78, 5) is 0. The summed E-state index contributed by atoms with van der Waals surface area (Å²) in [5.74, 6) is 12.2. The lowest BCUT2D eigenvalue weighted by molar-refractivity contribution is 0.0239. The molecule has 10 atom stereocenters. The highest BCUT2D eigenvalue weighted by molar-refractivity contribution is 5.36. The van der Waals surface area contributed by atoms with E-state index in [4.69, 9.17) is 0 Å². The first-order valence-corrected chi connectivity index (χ1v) is 5.82. The average Bonchev–Trinajstić information content (AvgIpc) is 2.88. The van der Waals surface area contributed by atoms with Crippen molar-refractivity contribution >= 4 is 0 Å². The van der Waals surface area contributed by atoms with Gasteiger partial charge in [0.2, 0.25) is 0 Å². The fraction of sp³-hybridized carbons (Fsp3) is 1.00. The van der Waals surface area contributed by atoms with Crippen molar-refractivity contribution in [3.05, 3.63) is 0 Å². The summed E-state index contributed by atoms with van der Waals surface area (Å²) in [6.07, 6.45) is 0. The maximum atomic E-state index is 2.55. The first-order valence-electron chi connectivity index (χ1n) is 5.82. The van der Waals surface area contributed by atoms with E-state index in [-0.39, 0.29) is 0 Å². The van der Waals surface area contributed by atoms with Crippen LogP contribution in [-0.4, -0.2) is 0 Å². The van der Waals surface area contributed by atoms with E-state index in [2.05, 4.69) is 13.8 Å². The van der Waals surface area contributed by atoms with Crippen LogP contribution in [-0.2, 0) is 0 Å². The van der Waals surface area contributed by atoms with E-state index in [9.17, 15) is 0 Å². The Morgan fingerprint density at radius 1 is 0.417 bits per heavy atom. The average molecular weight is 160 g/mol. The fourth-order valence-corrected chi connectivity index (χ4v) is 6.47. The van der Waals surface area contributed by atoms with E-state index in [1.54, 1.807) is 0 Å². The molecule has 0 saturated heterocycles. The van der Waals surface area contributed by atoms with Gasteiger partial charge in [0.05, 0.1) is 0 Å². The van der Waals surface area contributed by atoms with Crippen LogP contribution >= 0.6 is 0 Å². The van der Waals surface area contributed by atoms with E-state index in [1.807, 2.05) is 0 Å². The van der Waals surface area contributed by atoms with E-state index >= 15 is 0 Å². The molecule has 0 heterocycles. The van der Waals surface area contributed by atoms with Crippen LogP contribution in [0.15, 0.2) is 0 Å². The second kappa shape index (κ2) is 1.22. The van der Waals surface area contributed by atoms with Crippen LogP contribution in [0.25, 0.3) is 0 Å². The van der Waals surface area contributed by atoms with Crippen molar-refractivity contribution in [2.45, 2.75) is 13.8 Å². The lowest BCUT2D eigenvalue weighted by Crippen LogP contribution is -2.41. The van der Waals surface area contributed by atoms with Gasteiger partial charge in [-0.15, -0.1) is 0 Å². The van der Waals surface area contributed by atoms with Gasteiger partial charge < -0.3 is 0 Å². The van der Waals surface area contributed by atoms with Crippen molar-refractivity contribution in [1.82, 2.24) is 0 Å². The molecule has 6 saturated carbocycles. The van der Waals surface area contributed by atoms with Crippen LogP contribution in [0.5, 0.6) is 0 Å². The Balaban J connectivity index is 1.79. The van der Waals surface area contributed by atoms with Crippen molar-refractivity contribution in [2.75, 3.05) is 0 Å². The van der Waals surface area contributed by atoms with Gasteiger partial charge in [0, 0.05) is 0 Å². The molecule has 4 unspecified atom stereocenters. The van der Waals surface area contributed by atoms with Gasteiger partial charge in [-0.25, -0.2) is 0 Å². The number of hydrogen-bond donors (Lipinski definition) is 0. The Bertz CT molecular complexity index is 244. The first-order chi connectivity index (χ1) is 5.82. The molecule has 0 heteroatoms. The van der Waals surface area contributed by atoms with Crippen molar-refractivity contribution < 1.29 is 0 Å². The minimum atomic E-state index is 1.09. The van der Waals surface area contributed by atoms with E-state index < -0.39 is 0 Å². The SMILES string of the molecule is C[C@@H]1C2[C@H]3C4C5[C@@H]2[C@@H]5C([C@H]43)[C@@H]1C. The molecule has 12 heavy (non-hydrogen) atoms. The van der Waals surface area contributed by atoms with Crippen molar-refractivity contribution in [2.24, 2.45) is 59.2 Å². The maximum Gasteiger partial charge on any atom is -0.0312 e. The molecule has 2 bridgehead atoms. The zero-order valence-corrected chi connectivity index (χ0v) is 7.77. The number of rotatable bonds is 0. The molecular weight excluding hydrogens is 144 g/mol. The van der Waals surface area contributed by atoms with E-state index in [1.165, 1.54) is 47.3 Å². The van der Waals surface area contributed by atoms with Gasteiger partial charge >= 0.3 is 0 Å². The molecule has 0 aromatic rings. The van der Waals surface area contributed by atoms with Gasteiger partial charge in [0.25, 0.3) is 0 Å². The van der Waals surface area contributed by atoms with Gasteiger partial charge in [-0.05, 0) is 59.2 Å². The van der Waals surface area contributed by atoms with Gasteiger partial charge in [-0.2, -0.15) is 0 Å². The van der Waals surface area contributed by atoms with Gasteiger partial charge in [-0.1, -0.05) is 13.8 Å². The van der Waals surface area contributed by atoms with Crippen molar-refractivity contribution in [1.29, 1.82) is 0 Å². The molecule has 0 spiro atoms. The van der Waals surface area contributed by atoms with Crippen LogP contribution in [0.4, 0.5) is 0 Å². The largest absolute Gasteiger partial charge is 0.0620 e. The molecule has 0 N–H and O–H groups in total. The minimum absolute atomic E-state index is 1.09. The third-order valence-corrected chi connectivity index (χ3v) is 6.65. The molecule has 0 nitrogen and oxygen atoms in total. The third-order valence-electron chi connectivity index (χ3n) is 6.65. The van der Waals surface area contributed by atoms with Crippen LogP contribution in [0.1, 0.15) is 13.8 Å². The zero-order valence-electron chi connectivity index (χ0n) is 7.77. The predicted octanol–water partition coefficient (Wildman–Crippen LogP) is 2.26. The molecule has 64 valence electrons. The van der Waals surface area contributed by atoms with Gasteiger partial charge in [-0.3, -0.25) is 0 Å². The Labute approximate surface area is 73.7 Å². The van der Waals surface area contributed by atoms with Gasteiger partial charge in [0.1, 0.15) is 0 Å². The highest BCUT2D eigenvalue weighted by Gasteiger charge is 2.89. The summed E-state index contributed by atoms with van der Waals surface area (Å²) >= 11 is 0. The summed E-state index contributed by atoms with van der Waals surface area (Å²) in [6, 6.07) is 0. The summed E-state index contributed by atoms with van der Waals surface area (Å²) in [5, 5.41) is 0. The molecule has 0 aliphatic heterocycles. The Kier molecular flexibility index (Phi) is 0.578. The lowest BCUT2D eigenvalue weighted by Gasteiger charge is -2.45. The maximum absolute atomic E-state index is 2.55. The Morgan fingerprint density at radius 3 is 1.00 bits per heavy atom. The zero-order chi connectivity index (χ0) is 7.77. The Hall–Kier alpha value is 0. The summed E-state index contributed by atoms with van der Waals surface area (Å²) in [6.45, 7) is 5.09. The summed E-state index contributed by atoms with van der Waals surface area (Å²) in [7, 11) is 0. The topological polar surface area (TPSA) is 0 Å². The van der Waals surface area contributed by atoms with Gasteiger partial charge in [0.15, 0.2) is 0 Å². The molecule has 0 aromatic carbocycles. The second-order valence-corrected chi connectivity index (χ2v) is 6.34. The Morgan fingerprint density at radius 2 is 0.667 bits per heavy atom. The first kappa shape index (κ1) is 5.67. The predicted molar refractivity (Wildman–Crippen MR) is 46.2 cm³/mol. The highest BCUT2D eigenvalue weighted by atomic mass is 14.9. The quantitative estimate of drug-likeness (QED) is 0.510. The monoisotopic (exact) mass is 160 g/mol. The minimum Gasteiger partial charge on any atom is -0.0620 e. The van der Waals surface area contributed by atoms with Crippen LogP contribution < -0.4 is 0 Å². The molecule has 6 fully saturated rings. The molecule has 6 rings (SSSR count). The summed E-state index contributed by atoms with van der Waals surface area (Å²) in [5.41, 5.74) is 0. The van der Waals surface area contributed by atoms with Crippen LogP contribution in [0.2, 0.25) is 0 Å². The van der Waals surface area contributed by atoms with Crippen LogP contribution in [0, 0.1) is 59.2 Å². The van der Waals surface area contributed by atoms with Crippen molar-refractivity contribution in [3.63, 3.8) is 0 Å². The summed E-state index contributed by atoms with van der Waals surface area (Å²) < 4.78 is 0. The normalized spacial score (nSPS) is 90.5. The third kappa shape index (κ3) is 0.300. The van der Waals surface area contributed by atoms with Crippen LogP contribution in [0.3, 0.4) is 0 Å². The molecule has 0 amide bonds. The second-order valence-electron chi connectivity index (χ2n) is 6.34. The molecular formula is C12H16. The highest BCUT2D eigenvalue weighted by Crippen LogP contribution is 2.93. The fourth-order valence-electron chi connectivity index (χ4n) is 6.47. The smallest absolute Gasteiger partial charge is 0.0312 e. The number of hydrogen-bond acceptors (Lipinski definition) is 0. The standard InChI is InChI=1S/C12H16/c1-3-4(2)6-9-7-5(3)8-10(6)12(8)11(7)9/h3-12H,1-2H3/t3-,4+,5?,6?,7-,8+,9-,10-,11?,12?/m0/s1. The molecule has 6 aliphatic carbocycles. The van der Waals surface area contributed by atoms with E-state index in [0.717, 1.165) is 11.8 Å². The number of fused-ring (bicyclic) bond motifs is 1. The molecule has 6 aliphatic rings. The molecule has 0 aromatic heterocycles.